The van der Waals surface area contributed by atoms with Gasteiger partial charge < -0.3 is 4.74 Å². The minimum absolute atomic E-state index is 0.313. The van der Waals surface area contributed by atoms with Crippen LogP contribution in [-0.4, -0.2) is 21.6 Å². The van der Waals surface area contributed by atoms with Crippen LogP contribution in [0.4, 0.5) is 13.2 Å². The summed E-state index contributed by atoms with van der Waals surface area (Å²) in [5.74, 6) is 3.54. The fourth-order valence-corrected chi connectivity index (χ4v) is 9.59. The van der Waals surface area contributed by atoms with Crippen molar-refractivity contribution in [3.05, 3.63) is 29.8 Å². The molecule has 0 bridgehead atoms. The molecule has 0 spiro atoms. The smallest absolute Gasteiger partial charge is 0.392 e. The molecular formula is C27H43F3OSi. The molecular weight excluding hydrogens is 425 g/mol. The van der Waals surface area contributed by atoms with E-state index in [4.69, 9.17) is 4.74 Å². The monoisotopic (exact) mass is 468 g/mol. The van der Waals surface area contributed by atoms with Crippen molar-refractivity contribution in [3.63, 3.8) is 0 Å². The minimum Gasteiger partial charge on any atom is -0.493 e. The van der Waals surface area contributed by atoms with Crippen LogP contribution in [0.2, 0.25) is 18.1 Å². The second kappa shape index (κ2) is 13.1. The molecule has 1 nitrogen and oxygen atoms in total. The lowest BCUT2D eigenvalue weighted by Gasteiger charge is -2.37. The molecule has 1 aromatic rings. The Hall–Kier alpha value is -0.973. The predicted octanol–water partition coefficient (Wildman–Crippen LogP) is 8.58. The van der Waals surface area contributed by atoms with Crippen LogP contribution in [0.1, 0.15) is 83.1 Å². The van der Waals surface area contributed by atoms with Gasteiger partial charge in [0.15, 0.2) is 0 Å². The molecule has 3 rings (SSSR count). The molecule has 32 heavy (non-hydrogen) atoms. The highest BCUT2D eigenvalue weighted by Gasteiger charge is 2.31. The van der Waals surface area contributed by atoms with Crippen LogP contribution in [0.5, 0.6) is 5.75 Å². The average Bonchev–Trinajstić information content (AvgIpc) is 2.78. The molecule has 0 aromatic heterocycles. The van der Waals surface area contributed by atoms with Gasteiger partial charge in [-0.15, -0.1) is 0 Å². The Morgan fingerprint density at radius 1 is 0.906 bits per heavy atom. The van der Waals surface area contributed by atoms with Crippen LogP contribution < -0.4 is 4.74 Å². The molecule has 1 heterocycles. The SMILES string of the molecule is CCC[SiH]1CCC(C2CCC(CCCCc3ccc(OCCC(F)(F)F)cc3)CC2)CC1. The summed E-state index contributed by atoms with van der Waals surface area (Å²) in [6.45, 7) is 2.05. The molecule has 1 aliphatic heterocycles. The third kappa shape index (κ3) is 9.11. The Balaban J connectivity index is 1.25. The summed E-state index contributed by atoms with van der Waals surface area (Å²) in [6, 6.07) is 12.4. The number of hydrogen-bond donors (Lipinski definition) is 0. The molecule has 0 unspecified atom stereocenters. The van der Waals surface area contributed by atoms with Gasteiger partial charge in [0, 0.05) is 8.80 Å². The summed E-state index contributed by atoms with van der Waals surface area (Å²) in [5, 5.41) is 0. The zero-order valence-corrected chi connectivity index (χ0v) is 21.1. The third-order valence-corrected chi connectivity index (χ3v) is 11.7. The van der Waals surface area contributed by atoms with E-state index in [-0.39, 0.29) is 15.4 Å². The van der Waals surface area contributed by atoms with Crippen molar-refractivity contribution in [3.8, 4) is 5.75 Å². The average molecular weight is 469 g/mol. The van der Waals surface area contributed by atoms with Crippen molar-refractivity contribution < 1.29 is 17.9 Å². The van der Waals surface area contributed by atoms with E-state index in [1.165, 1.54) is 56.9 Å². The lowest BCUT2D eigenvalue weighted by Crippen LogP contribution is -2.28. The maximum absolute atomic E-state index is 12.2. The highest BCUT2D eigenvalue weighted by Crippen LogP contribution is 2.42. The van der Waals surface area contributed by atoms with Crippen LogP contribution in [0, 0.1) is 17.8 Å². The minimum atomic E-state index is -4.16. The Kier molecular flexibility index (Phi) is 10.5. The summed E-state index contributed by atoms with van der Waals surface area (Å²) >= 11 is 0. The largest absolute Gasteiger partial charge is 0.493 e. The fourth-order valence-electron chi connectivity index (χ4n) is 6.10. The number of benzene rings is 1. The van der Waals surface area contributed by atoms with Crippen molar-refractivity contribution >= 4 is 8.80 Å². The van der Waals surface area contributed by atoms with Gasteiger partial charge in [-0.05, 0) is 61.1 Å². The number of aryl methyl sites for hydroxylation is 1. The number of alkyl halides is 3. The lowest BCUT2D eigenvalue weighted by atomic mass is 9.73. The molecule has 2 fully saturated rings. The zero-order chi connectivity index (χ0) is 22.8. The highest BCUT2D eigenvalue weighted by atomic mass is 28.3. The van der Waals surface area contributed by atoms with Gasteiger partial charge >= 0.3 is 6.18 Å². The Morgan fingerprint density at radius 2 is 1.56 bits per heavy atom. The predicted molar refractivity (Wildman–Crippen MR) is 130 cm³/mol. The van der Waals surface area contributed by atoms with Gasteiger partial charge in [0.05, 0.1) is 13.0 Å². The molecule has 1 saturated heterocycles. The van der Waals surface area contributed by atoms with Gasteiger partial charge in [-0.1, -0.05) is 82.1 Å². The lowest BCUT2D eigenvalue weighted by molar-refractivity contribution is -0.139. The Morgan fingerprint density at radius 3 is 2.19 bits per heavy atom. The molecule has 0 amide bonds. The van der Waals surface area contributed by atoms with Crippen molar-refractivity contribution in [2.24, 2.45) is 17.8 Å². The standard InChI is InChI=1S/C27H43F3OSi/c1-2-19-32-20-15-25(16-21-32)24-11-7-22(8-12-24)5-3-4-6-23-9-13-26(14-10-23)31-18-17-27(28,29)30/h9-10,13-14,22,24-25,32H,2-8,11-12,15-21H2,1H3. The van der Waals surface area contributed by atoms with E-state index >= 15 is 0 Å². The van der Waals surface area contributed by atoms with Crippen LogP contribution in [0.3, 0.4) is 0 Å². The summed E-state index contributed by atoms with van der Waals surface area (Å²) in [7, 11) is -0.339. The molecule has 0 radical (unpaired) electrons. The van der Waals surface area contributed by atoms with Crippen molar-refractivity contribution in [2.75, 3.05) is 6.61 Å². The summed E-state index contributed by atoms with van der Waals surface area (Å²) in [4.78, 5) is 0. The Labute approximate surface area is 195 Å². The van der Waals surface area contributed by atoms with E-state index in [9.17, 15) is 13.2 Å². The first-order valence-corrected chi connectivity index (χ1v) is 15.7. The number of ether oxygens (including phenoxy) is 1. The first-order valence-electron chi connectivity index (χ1n) is 13.2. The van der Waals surface area contributed by atoms with Crippen LogP contribution in [-0.2, 0) is 6.42 Å². The molecule has 0 N–H and O–H groups in total. The second-order valence-electron chi connectivity index (χ2n) is 10.5. The van der Waals surface area contributed by atoms with Gasteiger partial charge in [0.2, 0.25) is 0 Å². The van der Waals surface area contributed by atoms with E-state index in [1.54, 1.807) is 43.1 Å². The van der Waals surface area contributed by atoms with E-state index in [1.807, 2.05) is 12.1 Å². The highest BCUT2D eigenvalue weighted by molar-refractivity contribution is 6.58. The van der Waals surface area contributed by atoms with Gasteiger partial charge in [-0.3, -0.25) is 0 Å². The number of hydrogen-bond acceptors (Lipinski definition) is 1. The van der Waals surface area contributed by atoms with Crippen molar-refractivity contribution in [1.29, 1.82) is 0 Å². The molecule has 0 atom stereocenters. The topological polar surface area (TPSA) is 9.23 Å². The van der Waals surface area contributed by atoms with Gasteiger partial charge in [0.1, 0.15) is 5.75 Å². The van der Waals surface area contributed by atoms with Gasteiger partial charge in [-0.25, -0.2) is 0 Å². The van der Waals surface area contributed by atoms with Crippen molar-refractivity contribution in [1.82, 2.24) is 0 Å². The number of rotatable bonds is 11. The van der Waals surface area contributed by atoms with Gasteiger partial charge in [-0.2, -0.15) is 13.2 Å². The normalized spacial score (nSPS) is 26.8. The van der Waals surface area contributed by atoms with E-state index < -0.39 is 12.6 Å². The van der Waals surface area contributed by atoms with Crippen LogP contribution in [0.25, 0.3) is 0 Å². The van der Waals surface area contributed by atoms with E-state index in [0.717, 1.165) is 24.2 Å². The molecule has 182 valence electrons. The zero-order valence-electron chi connectivity index (χ0n) is 20.0. The summed E-state index contributed by atoms with van der Waals surface area (Å²) in [6.07, 6.45) is 10.2. The quantitative estimate of drug-likeness (QED) is 0.233. The van der Waals surface area contributed by atoms with Crippen LogP contribution >= 0.6 is 0 Å². The summed E-state index contributed by atoms with van der Waals surface area (Å²) < 4.78 is 41.8. The maximum Gasteiger partial charge on any atom is 0.392 e. The fraction of sp³-hybridized carbons (Fsp3) is 0.778. The molecule has 1 saturated carbocycles. The number of unbranched alkanes of at least 4 members (excludes halogenated alkanes) is 1. The maximum atomic E-state index is 12.2. The van der Waals surface area contributed by atoms with Crippen LogP contribution in [0.15, 0.2) is 24.3 Å². The molecule has 1 aromatic carbocycles. The molecule has 1 aliphatic carbocycles. The molecule has 5 heteroatoms. The van der Waals surface area contributed by atoms with Gasteiger partial charge in [0.25, 0.3) is 0 Å². The summed E-state index contributed by atoms with van der Waals surface area (Å²) in [5.41, 5.74) is 1.25. The van der Waals surface area contributed by atoms with Crippen molar-refractivity contribution in [2.45, 2.75) is 108 Å². The Bertz CT molecular complexity index is 629. The first kappa shape index (κ1) is 25.6. The second-order valence-corrected chi connectivity index (χ2v) is 13.9. The van der Waals surface area contributed by atoms with E-state index in [0.29, 0.717) is 5.75 Å². The number of halogens is 3. The van der Waals surface area contributed by atoms with E-state index in [2.05, 4.69) is 6.92 Å². The third-order valence-electron chi connectivity index (χ3n) is 8.05. The first-order chi connectivity index (χ1) is 15.4. The molecule has 2 aliphatic rings.